The van der Waals surface area contributed by atoms with Crippen molar-refractivity contribution in [2.45, 2.75) is 45.9 Å². The van der Waals surface area contributed by atoms with Crippen LogP contribution in [-0.4, -0.2) is 41.0 Å². The summed E-state index contributed by atoms with van der Waals surface area (Å²) in [5.74, 6) is 0. The van der Waals surface area contributed by atoms with Gasteiger partial charge < -0.3 is 10.2 Å². The fraction of sp³-hybridized carbons (Fsp3) is 0.429. The Kier molecular flexibility index (Phi) is 7.16. The molecule has 26 heavy (non-hydrogen) atoms. The van der Waals surface area contributed by atoms with Gasteiger partial charge in [-0.2, -0.15) is 0 Å². The highest BCUT2D eigenvalue weighted by Crippen LogP contribution is 2.16. The second-order valence-electron chi connectivity index (χ2n) is 6.98. The van der Waals surface area contributed by atoms with E-state index >= 15 is 0 Å². The number of carbonyl (C=O) groups is 1. The lowest BCUT2D eigenvalue weighted by molar-refractivity contribution is 0.193. The molecule has 1 atom stereocenters. The molecule has 0 spiro atoms. The van der Waals surface area contributed by atoms with Gasteiger partial charge in [0.15, 0.2) is 0 Å². The zero-order chi connectivity index (χ0) is 19.1. The average molecular weight is 354 g/mol. The lowest BCUT2D eigenvalue weighted by Gasteiger charge is -2.25. The summed E-state index contributed by atoms with van der Waals surface area (Å²) in [5, 5.41) is 3.03. The largest absolute Gasteiger partial charge is 0.334 e. The van der Waals surface area contributed by atoms with Crippen LogP contribution in [0.25, 0.3) is 0 Å². The molecular formula is C21H30N4O. The third-order valence-electron chi connectivity index (χ3n) is 4.87. The second kappa shape index (κ2) is 9.34. The van der Waals surface area contributed by atoms with Gasteiger partial charge in [0.05, 0.1) is 11.7 Å². The van der Waals surface area contributed by atoms with Crippen molar-refractivity contribution >= 4 is 6.03 Å². The van der Waals surface area contributed by atoms with E-state index in [1.807, 2.05) is 37.3 Å². The number of rotatable bonds is 7. The summed E-state index contributed by atoms with van der Waals surface area (Å²) in [6.07, 6.45) is 1.75. The molecule has 0 aliphatic carbocycles. The number of urea groups is 1. The van der Waals surface area contributed by atoms with Crippen LogP contribution in [0.5, 0.6) is 0 Å². The SMILES string of the molecule is CC(C)N(C)Cc1ccccc1CNC(=O)N(C)C(C)c1ccccn1. The minimum absolute atomic E-state index is 0.0847. The molecule has 0 saturated heterocycles. The average Bonchev–Trinajstić information content (AvgIpc) is 2.66. The van der Waals surface area contributed by atoms with E-state index in [-0.39, 0.29) is 12.1 Å². The minimum Gasteiger partial charge on any atom is -0.334 e. The number of carbonyl (C=O) groups excluding carboxylic acids is 1. The van der Waals surface area contributed by atoms with E-state index < -0.39 is 0 Å². The van der Waals surface area contributed by atoms with Crippen molar-refractivity contribution in [3.63, 3.8) is 0 Å². The lowest BCUT2D eigenvalue weighted by atomic mass is 10.1. The predicted molar refractivity (Wildman–Crippen MR) is 106 cm³/mol. The number of hydrogen-bond acceptors (Lipinski definition) is 3. The molecule has 2 amide bonds. The van der Waals surface area contributed by atoms with Crippen molar-refractivity contribution in [2.75, 3.05) is 14.1 Å². The number of hydrogen-bond donors (Lipinski definition) is 1. The highest BCUT2D eigenvalue weighted by Gasteiger charge is 2.18. The Hall–Kier alpha value is -2.40. The molecule has 0 bridgehead atoms. The van der Waals surface area contributed by atoms with Gasteiger partial charge in [-0.1, -0.05) is 30.3 Å². The normalized spacial score (nSPS) is 12.3. The van der Waals surface area contributed by atoms with Crippen LogP contribution in [0.4, 0.5) is 4.79 Å². The first-order valence-electron chi connectivity index (χ1n) is 9.08. The van der Waals surface area contributed by atoms with E-state index in [1.54, 1.807) is 18.1 Å². The van der Waals surface area contributed by atoms with E-state index in [2.05, 4.69) is 48.2 Å². The fourth-order valence-electron chi connectivity index (χ4n) is 2.63. The van der Waals surface area contributed by atoms with E-state index in [0.29, 0.717) is 12.6 Å². The van der Waals surface area contributed by atoms with Crippen molar-refractivity contribution in [3.05, 3.63) is 65.5 Å². The van der Waals surface area contributed by atoms with Crippen LogP contribution >= 0.6 is 0 Å². The predicted octanol–water partition coefficient (Wildman–Crippen LogP) is 3.82. The molecule has 1 heterocycles. The number of nitrogens with zero attached hydrogens (tertiary/aromatic N) is 3. The Morgan fingerprint density at radius 3 is 2.31 bits per heavy atom. The van der Waals surface area contributed by atoms with Gasteiger partial charge in [0, 0.05) is 32.4 Å². The monoisotopic (exact) mass is 354 g/mol. The summed E-state index contributed by atoms with van der Waals surface area (Å²) in [5.41, 5.74) is 3.26. The van der Waals surface area contributed by atoms with Crippen LogP contribution in [-0.2, 0) is 13.1 Å². The molecule has 1 aromatic heterocycles. The first-order chi connectivity index (χ1) is 12.4. The van der Waals surface area contributed by atoms with Gasteiger partial charge in [-0.3, -0.25) is 9.88 Å². The van der Waals surface area contributed by atoms with Gasteiger partial charge in [-0.25, -0.2) is 4.79 Å². The highest BCUT2D eigenvalue weighted by atomic mass is 16.2. The maximum absolute atomic E-state index is 12.5. The third kappa shape index (κ3) is 5.30. The minimum atomic E-state index is -0.102. The molecular weight excluding hydrogens is 324 g/mol. The van der Waals surface area contributed by atoms with E-state index in [1.165, 1.54) is 5.56 Å². The molecule has 2 aromatic rings. The molecule has 0 saturated carbocycles. The number of pyridine rings is 1. The van der Waals surface area contributed by atoms with E-state index in [4.69, 9.17) is 0 Å². The highest BCUT2D eigenvalue weighted by molar-refractivity contribution is 5.74. The molecule has 5 nitrogen and oxygen atoms in total. The second-order valence-corrected chi connectivity index (χ2v) is 6.98. The number of amides is 2. The fourth-order valence-corrected chi connectivity index (χ4v) is 2.63. The molecule has 0 radical (unpaired) electrons. The topological polar surface area (TPSA) is 48.5 Å². The number of aromatic nitrogens is 1. The van der Waals surface area contributed by atoms with Gasteiger partial charge in [0.1, 0.15) is 0 Å². The standard InChI is InChI=1S/C21H30N4O/c1-16(2)24(4)15-19-11-7-6-10-18(19)14-23-21(26)25(5)17(3)20-12-8-9-13-22-20/h6-13,16-17H,14-15H2,1-5H3,(H,23,26). The van der Waals surface area contributed by atoms with E-state index in [9.17, 15) is 4.79 Å². The first-order valence-corrected chi connectivity index (χ1v) is 9.08. The summed E-state index contributed by atoms with van der Waals surface area (Å²) >= 11 is 0. The Bertz CT molecular complexity index is 702. The Balaban J connectivity index is 1.99. The molecule has 0 fully saturated rings. The zero-order valence-electron chi connectivity index (χ0n) is 16.4. The molecule has 0 aliphatic heterocycles. The third-order valence-corrected chi connectivity index (χ3v) is 4.87. The van der Waals surface area contributed by atoms with Gasteiger partial charge in [-0.15, -0.1) is 0 Å². The van der Waals surface area contributed by atoms with Crippen molar-refractivity contribution in [1.29, 1.82) is 0 Å². The Labute approximate surface area is 157 Å². The number of nitrogens with one attached hydrogen (secondary N) is 1. The maximum atomic E-state index is 12.5. The van der Waals surface area contributed by atoms with Crippen LogP contribution in [0, 0.1) is 0 Å². The smallest absolute Gasteiger partial charge is 0.317 e. The summed E-state index contributed by atoms with van der Waals surface area (Å²) < 4.78 is 0. The van der Waals surface area contributed by atoms with Crippen LogP contribution in [0.3, 0.4) is 0 Å². The van der Waals surface area contributed by atoms with Crippen LogP contribution in [0.2, 0.25) is 0 Å². The molecule has 1 aromatic carbocycles. The summed E-state index contributed by atoms with van der Waals surface area (Å²) in [4.78, 5) is 20.9. The molecule has 1 N–H and O–H groups in total. The summed E-state index contributed by atoms with van der Waals surface area (Å²) in [6.45, 7) is 7.72. The quantitative estimate of drug-likeness (QED) is 0.822. The van der Waals surface area contributed by atoms with Gasteiger partial charge >= 0.3 is 6.03 Å². The van der Waals surface area contributed by atoms with Gasteiger partial charge in [-0.05, 0) is 51.1 Å². The Morgan fingerprint density at radius 1 is 1.04 bits per heavy atom. The molecule has 0 aliphatic rings. The molecule has 140 valence electrons. The van der Waals surface area contributed by atoms with Crippen LogP contribution in [0.1, 0.15) is 43.6 Å². The summed E-state index contributed by atoms with van der Waals surface area (Å²) in [6, 6.07) is 14.3. The van der Waals surface area contributed by atoms with Crippen molar-refractivity contribution in [2.24, 2.45) is 0 Å². The van der Waals surface area contributed by atoms with Crippen LogP contribution < -0.4 is 5.32 Å². The van der Waals surface area contributed by atoms with E-state index in [0.717, 1.165) is 17.8 Å². The van der Waals surface area contributed by atoms with Crippen molar-refractivity contribution < 1.29 is 4.79 Å². The van der Waals surface area contributed by atoms with Crippen molar-refractivity contribution in [1.82, 2.24) is 20.1 Å². The molecule has 1 unspecified atom stereocenters. The first kappa shape index (κ1) is 19.9. The lowest BCUT2D eigenvalue weighted by Crippen LogP contribution is -2.38. The zero-order valence-corrected chi connectivity index (χ0v) is 16.4. The Morgan fingerprint density at radius 2 is 1.69 bits per heavy atom. The van der Waals surface area contributed by atoms with Gasteiger partial charge in [0.25, 0.3) is 0 Å². The molecule has 5 heteroatoms. The van der Waals surface area contributed by atoms with Gasteiger partial charge in [0.2, 0.25) is 0 Å². The maximum Gasteiger partial charge on any atom is 0.317 e. The van der Waals surface area contributed by atoms with Crippen LogP contribution in [0.15, 0.2) is 48.7 Å². The number of benzene rings is 1. The van der Waals surface area contributed by atoms with Crippen molar-refractivity contribution in [3.8, 4) is 0 Å². The summed E-state index contributed by atoms with van der Waals surface area (Å²) in [7, 11) is 3.91. The molecule has 2 rings (SSSR count).